The van der Waals surface area contributed by atoms with Crippen molar-refractivity contribution in [2.24, 2.45) is 0 Å². The summed E-state index contributed by atoms with van der Waals surface area (Å²) in [5, 5.41) is 11.6. The molecule has 2 rings (SSSR count). The van der Waals surface area contributed by atoms with Gasteiger partial charge in [0.15, 0.2) is 0 Å². The summed E-state index contributed by atoms with van der Waals surface area (Å²) >= 11 is 0. The van der Waals surface area contributed by atoms with E-state index in [0.29, 0.717) is 11.3 Å². The summed E-state index contributed by atoms with van der Waals surface area (Å²) in [6.07, 6.45) is 1.17. The van der Waals surface area contributed by atoms with Gasteiger partial charge in [0.25, 0.3) is 0 Å². The van der Waals surface area contributed by atoms with Gasteiger partial charge in [0.05, 0.1) is 12.2 Å². The Bertz CT molecular complexity index is 690. The van der Waals surface area contributed by atoms with Crippen LogP contribution in [0.1, 0.15) is 21.5 Å². The number of hydrogen-bond donors (Lipinski definition) is 2. The monoisotopic (exact) mass is 311 g/mol. The summed E-state index contributed by atoms with van der Waals surface area (Å²) in [5.74, 6) is -0.760. The van der Waals surface area contributed by atoms with E-state index in [0.717, 1.165) is 11.1 Å². The molecule has 118 valence electrons. The van der Waals surface area contributed by atoms with Gasteiger partial charge < -0.3 is 15.2 Å². The topological polar surface area (TPSA) is 75.6 Å². The highest BCUT2D eigenvalue weighted by Gasteiger charge is 2.08. The molecule has 0 fully saturated rings. The van der Waals surface area contributed by atoms with E-state index in [1.807, 2.05) is 0 Å². The van der Waals surface area contributed by atoms with Crippen molar-refractivity contribution in [3.63, 3.8) is 0 Å². The van der Waals surface area contributed by atoms with Crippen LogP contribution in [-0.4, -0.2) is 17.0 Å². The fourth-order valence-electron chi connectivity index (χ4n) is 1.86. The number of amides is 1. The predicted molar refractivity (Wildman–Crippen MR) is 86.8 cm³/mol. The van der Waals surface area contributed by atoms with Crippen molar-refractivity contribution in [2.45, 2.75) is 13.2 Å². The van der Waals surface area contributed by atoms with Crippen molar-refractivity contribution in [1.29, 1.82) is 0 Å². The van der Waals surface area contributed by atoms with Gasteiger partial charge in [0, 0.05) is 5.69 Å². The fraction of sp³-hybridized carbons (Fsp3) is 0.111. The zero-order valence-corrected chi connectivity index (χ0v) is 12.5. The molecule has 23 heavy (non-hydrogen) atoms. The van der Waals surface area contributed by atoms with Crippen LogP contribution in [0.4, 0.5) is 5.69 Å². The molecule has 2 aromatic rings. The lowest BCUT2D eigenvalue weighted by atomic mass is 10.1. The van der Waals surface area contributed by atoms with Gasteiger partial charge in [0.2, 0.25) is 5.91 Å². The van der Waals surface area contributed by atoms with Crippen molar-refractivity contribution in [3.8, 4) is 0 Å². The summed E-state index contributed by atoms with van der Waals surface area (Å²) < 4.78 is 5.22. The Morgan fingerprint density at radius 2 is 1.65 bits per heavy atom. The molecule has 0 bridgehead atoms. The third-order valence-corrected chi connectivity index (χ3v) is 3.15. The van der Waals surface area contributed by atoms with Gasteiger partial charge in [-0.25, -0.2) is 4.79 Å². The number of benzene rings is 2. The molecule has 0 aliphatic carbocycles. The first kappa shape index (κ1) is 16.5. The Morgan fingerprint density at radius 1 is 1.04 bits per heavy atom. The molecule has 5 heteroatoms. The maximum Gasteiger partial charge on any atom is 0.338 e. The number of hydrogen-bond acceptors (Lipinski definition) is 4. The van der Waals surface area contributed by atoms with Crippen LogP contribution >= 0.6 is 0 Å². The molecule has 0 aliphatic heterocycles. The van der Waals surface area contributed by atoms with Crippen LogP contribution in [0, 0.1) is 0 Å². The standard InChI is InChI=1S/C18H17NO4/c1-2-17(21)19-16-9-7-15(8-10-16)18(22)23-12-14-5-3-13(11-20)4-6-14/h2-10,20H,1,11-12H2,(H,19,21). The molecular formula is C18H17NO4. The summed E-state index contributed by atoms with van der Waals surface area (Å²) in [7, 11) is 0. The predicted octanol–water partition coefficient (Wildman–Crippen LogP) is 2.66. The van der Waals surface area contributed by atoms with E-state index in [1.165, 1.54) is 6.08 Å². The second-order valence-corrected chi connectivity index (χ2v) is 4.82. The Morgan fingerprint density at radius 3 is 2.22 bits per heavy atom. The number of anilines is 1. The number of carbonyl (C=O) groups is 2. The van der Waals surface area contributed by atoms with Crippen LogP contribution in [0.25, 0.3) is 0 Å². The Hall–Kier alpha value is -2.92. The van der Waals surface area contributed by atoms with Crippen LogP contribution in [-0.2, 0) is 22.7 Å². The van der Waals surface area contributed by atoms with Crippen molar-refractivity contribution in [2.75, 3.05) is 5.32 Å². The molecule has 0 heterocycles. The summed E-state index contributed by atoms with van der Waals surface area (Å²) in [4.78, 5) is 23.1. The minimum atomic E-state index is -0.446. The van der Waals surface area contributed by atoms with E-state index in [2.05, 4.69) is 11.9 Å². The number of ether oxygens (including phenoxy) is 1. The van der Waals surface area contributed by atoms with Gasteiger partial charge >= 0.3 is 5.97 Å². The van der Waals surface area contributed by atoms with E-state index < -0.39 is 5.97 Å². The van der Waals surface area contributed by atoms with Crippen LogP contribution in [0.5, 0.6) is 0 Å². The number of aliphatic hydroxyl groups excluding tert-OH is 1. The van der Waals surface area contributed by atoms with Gasteiger partial charge in [-0.1, -0.05) is 30.8 Å². The average molecular weight is 311 g/mol. The molecule has 0 unspecified atom stereocenters. The first-order valence-corrected chi connectivity index (χ1v) is 7.01. The van der Waals surface area contributed by atoms with E-state index in [9.17, 15) is 9.59 Å². The summed E-state index contributed by atoms with van der Waals surface area (Å²) in [6, 6.07) is 13.5. The highest BCUT2D eigenvalue weighted by Crippen LogP contribution is 2.12. The van der Waals surface area contributed by atoms with Crippen molar-refractivity contribution in [3.05, 3.63) is 77.9 Å². The zero-order valence-electron chi connectivity index (χ0n) is 12.5. The number of nitrogens with one attached hydrogen (secondary N) is 1. The van der Waals surface area contributed by atoms with Gasteiger partial charge in [-0.15, -0.1) is 0 Å². The molecule has 1 amide bonds. The summed E-state index contributed by atoms with van der Waals surface area (Å²) in [5.41, 5.74) is 2.61. The maximum absolute atomic E-state index is 12.0. The van der Waals surface area contributed by atoms with Crippen LogP contribution in [0.2, 0.25) is 0 Å². The van der Waals surface area contributed by atoms with E-state index in [1.54, 1.807) is 48.5 Å². The molecule has 2 aromatic carbocycles. The average Bonchev–Trinajstić information content (AvgIpc) is 2.60. The lowest BCUT2D eigenvalue weighted by Gasteiger charge is -2.07. The van der Waals surface area contributed by atoms with Gasteiger partial charge in [-0.2, -0.15) is 0 Å². The molecule has 0 aromatic heterocycles. The van der Waals surface area contributed by atoms with E-state index in [4.69, 9.17) is 9.84 Å². The first-order chi connectivity index (χ1) is 11.1. The number of carbonyl (C=O) groups excluding carboxylic acids is 2. The van der Waals surface area contributed by atoms with Gasteiger partial charge in [-0.05, 0) is 41.5 Å². The van der Waals surface area contributed by atoms with Crippen LogP contribution < -0.4 is 5.32 Å². The molecule has 2 N–H and O–H groups in total. The van der Waals surface area contributed by atoms with Crippen molar-refractivity contribution < 1.29 is 19.4 Å². The second-order valence-electron chi connectivity index (χ2n) is 4.82. The molecule has 0 aliphatic rings. The lowest BCUT2D eigenvalue weighted by Crippen LogP contribution is -2.08. The number of aliphatic hydroxyl groups is 1. The molecule has 5 nitrogen and oxygen atoms in total. The minimum Gasteiger partial charge on any atom is -0.457 e. The molecule has 0 saturated heterocycles. The van der Waals surface area contributed by atoms with Crippen LogP contribution in [0.15, 0.2) is 61.2 Å². The summed E-state index contributed by atoms with van der Waals surface area (Å²) in [6.45, 7) is 3.50. The highest BCUT2D eigenvalue weighted by molar-refractivity contribution is 5.99. The number of esters is 1. The fourth-order valence-corrected chi connectivity index (χ4v) is 1.86. The quantitative estimate of drug-likeness (QED) is 0.635. The normalized spacial score (nSPS) is 9.96. The Balaban J connectivity index is 1.92. The molecule has 0 spiro atoms. The van der Waals surface area contributed by atoms with Gasteiger partial charge in [-0.3, -0.25) is 4.79 Å². The molecule has 0 atom stereocenters. The SMILES string of the molecule is C=CC(=O)Nc1ccc(C(=O)OCc2ccc(CO)cc2)cc1. The third-order valence-electron chi connectivity index (χ3n) is 3.15. The minimum absolute atomic E-state index is 0.0190. The Labute approximate surface area is 134 Å². The highest BCUT2D eigenvalue weighted by atomic mass is 16.5. The number of rotatable bonds is 6. The largest absolute Gasteiger partial charge is 0.457 e. The van der Waals surface area contributed by atoms with Crippen molar-refractivity contribution in [1.82, 2.24) is 0 Å². The molecule has 0 saturated carbocycles. The van der Waals surface area contributed by atoms with Gasteiger partial charge in [0.1, 0.15) is 6.61 Å². The van der Waals surface area contributed by atoms with E-state index in [-0.39, 0.29) is 19.1 Å². The second kappa shape index (κ2) is 7.91. The maximum atomic E-state index is 12.0. The lowest BCUT2D eigenvalue weighted by molar-refractivity contribution is -0.111. The molecule has 0 radical (unpaired) electrons. The van der Waals surface area contributed by atoms with E-state index >= 15 is 0 Å². The van der Waals surface area contributed by atoms with Crippen molar-refractivity contribution >= 4 is 17.6 Å². The third kappa shape index (κ3) is 4.79. The smallest absolute Gasteiger partial charge is 0.338 e. The Kier molecular flexibility index (Phi) is 5.66. The molecular weight excluding hydrogens is 294 g/mol. The first-order valence-electron chi connectivity index (χ1n) is 7.01. The zero-order chi connectivity index (χ0) is 16.7. The van der Waals surface area contributed by atoms with Crippen LogP contribution in [0.3, 0.4) is 0 Å².